The predicted octanol–water partition coefficient (Wildman–Crippen LogP) is 2.80. The lowest BCUT2D eigenvalue weighted by molar-refractivity contribution is -0.250. The summed E-state index contributed by atoms with van der Waals surface area (Å²) in [6, 6.07) is 3.09. The molecule has 8 heteroatoms. The summed E-state index contributed by atoms with van der Waals surface area (Å²) in [5, 5.41) is 17.7. The average molecular weight is 470 g/mol. The van der Waals surface area contributed by atoms with Crippen molar-refractivity contribution in [2.45, 2.75) is 12.7 Å². The Morgan fingerprint density at radius 3 is 2.53 bits per heavy atom. The number of rotatable bonds is 4. The van der Waals surface area contributed by atoms with E-state index in [-0.39, 0.29) is 11.3 Å². The van der Waals surface area contributed by atoms with E-state index in [2.05, 4.69) is 4.74 Å². The lowest BCUT2D eigenvalue weighted by atomic mass is 10.2. The number of carbonyl (C=O) groups is 1. The van der Waals surface area contributed by atoms with Crippen molar-refractivity contribution in [2.75, 3.05) is 0 Å². The van der Waals surface area contributed by atoms with E-state index in [4.69, 9.17) is 5.11 Å². The molecule has 4 nitrogen and oxygen atoms in total. The first-order valence-corrected chi connectivity index (χ1v) is 6.32. The minimum absolute atomic E-state index is 0.113. The molecule has 0 fully saturated rings. The summed E-state index contributed by atoms with van der Waals surface area (Å²) in [4.78, 5) is 10.1. The van der Waals surface area contributed by atoms with Gasteiger partial charge in [-0.1, -0.05) is 0 Å². The van der Waals surface area contributed by atoms with Crippen LogP contribution in [0.1, 0.15) is 5.56 Å². The lowest BCUT2D eigenvalue weighted by Gasteiger charge is -2.13. The molecule has 1 rings (SSSR count). The third kappa shape index (κ3) is 3.88. The highest BCUT2D eigenvalue weighted by molar-refractivity contribution is 14.1. The minimum atomic E-state index is -4.26. The molecule has 94 valence electrons. The second-order valence-electron chi connectivity index (χ2n) is 3.01. The first-order chi connectivity index (χ1) is 7.74. The molecule has 1 aromatic rings. The van der Waals surface area contributed by atoms with E-state index >= 15 is 0 Å². The van der Waals surface area contributed by atoms with Crippen LogP contribution in [0.4, 0.5) is 8.78 Å². The molecule has 0 aliphatic heterocycles. The van der Waals surface area contributed by atoms with Crippen molar-refractivity contribution in [1.82, 2.24) is 0 Å². The number of hydrogen-bond donors (Lipinski definition) is 2. The molecule has 17 heavy (non-hydrogen) atoms. The molecule has 0 radical (unpaired) electrons. The fourth-order valence-electron chi connectivity index (χ4n) is 0.959. The summed E-state index contributed by atoms with van der Waals surface area (Å²) in [5.74, 6) is -2.55. The van der Waals surface area contributed by atoms with Crippen molar-refractivity contribution >= 4 is 51.2 Å². The van der Waals surface area contributed by atoms with Gasteiger partial charge in [0.15, 0.2) is 0 Å². The van der Waals surface area contributed by atoms with E-state index in [1.54, 1.807) is 6.07 Å². The number of halogens is 4. The number of ether oxygens (including phenoxy) is 1. The van der Waals surface area contributed by atoms with Crippen LogP contribution in [0.5, 0.6) is 5.75 Å². The number of benzene rings is 1. The Morgan fingerprint density at radius 1 is 1.41 bits per heavy atom. The summed E-state index contributed by atoms with van der Waals surface area (Å²) in [7, 11) is 0. The molecule has 0 saturated carbocycles. The molecule has 0 atom stereocenters. The van der Waals surface area contributed by atoms with Crippen LogP contribution in [0.2, 0.25) is 0 Å². The maximum atomic E-state index is 12.7. The van der Waals surface area contributed by atoms with Crippen molar-refractivity contribution in [3.05, 3.63) is 24.8 Å². The molecule has 0 saturated heterocycles. The van der Waals surface area contributed by atoms with Crippen molar-refractivity contribution in [3.8, 4) is 5.75 Å². The van der Waals surface area contributed by atoms with Crippen LogP contribution in [0.15, 0.2) is 12.1 Å². The molecule has 0 aromatic heterocycles. The summed E-state index contributed by atoms with van der Waals surface area (Å²) < 4.78 is 30.5. The van der Waals surface area contributed by atoms with Crippen LogP contribution in [0.25, 0.3) is 0 Å². The van der Waals surface area contributed by atoms with Crippen LogP contribution in [-0.4, -0.2) is 22.3 Å². The van der Waals surface area contributed by atoms with Gasteiger partial charge in [0.05, 0.1) is 10.2 Å². The number of phenolic OH excluding ortho intramolecular Hbond substituents is 1. The van der Waals surface area contributed by atoms with Crippen molar-refractivity contribution in [2.24, 2.45) is 0 Å². The Hall–Kier alpha value is -0.230. The summed E-state index contributed by atoms with van der Waals surface area (Å²) >= 11 is 3.78. The Morgan fingerprint density at radius 2 is 2.00 bits per heavy atom. The number of aromatic hydroxyl groups is 1. The number of aliphatic carboxylic acids is 1. The van der Waals surface area contributed by atoms with Crippen LogP contribution >= 0.6 is 45.2 Å². The van der Waals surface area contributed by atoms with Gasteiger partial charge in [0.1, 0.15) is 5.75 Å². The van der Waals surface area contributed by atoms with Gasteiger partial charge in [-0.3, -0.25) is 0 Å². The quantitative estimate of drug-likeness (QED) is 0.665. The number of alkyl halides is 2. The molecule has 0 aliphatic carbocycles. The van der Waals surface area contributed by atoms with Crippen LogP contribution in [0.3, 0.4) is 0 Å². The molecule has 0 heterocycles. The molecule has 1 aromatic carbocycles. The summed E-state index contributed by atoms with van der Waals surface area (Å²) in [5.41, 5.74) is 0.113. The second-order valence-corrected chi connectivity index (χ2v) is 5.41. The van der Waals surface area contributed by atoms with E-state index in [0.717, 1.165) is 3.57 Å². The maximum Gasteiger partial charge on any atom is 0.456 e. The van der Waals surface area contributed by atoms with Gasteiger partial charge in [-0.25, -0.2) is 4.79 Å². The fourth-order valence-corrected chi connectivity index (χ4v) is 2.92. The smallest absolute Gasteiger partial charge is 0.456 e. The second kappa shape index (κ2) is 5.61. The molecule has 2 N–H and O–H groups in total. The molecular weight excluding hydrogens is 464 g/mol. The number of phenols is 1. The highest BCUT2D eigenvalue weighted by Crippen LogP contribution is 2.29. The van der Waals surface area contributed by atoms with Crippen molar-refractivity contribution in [1.29, 1.82) is 0 Å². The van der Waals surface area contributed by atoms with Crippen LogP contribution in [-0.2, 0) is 16.1 Å². The monoisotopic (exact) mass is 470 g/mol. The van der Waals surface area contributed by atoms with Gasteiger partial charge in [-0.15, -0.1) is 0 Å². The van der Waals surface area contributed by atoms with E-state index in [1.807, 2.05) is 45.2 Å². The zero-order chi connectivity index (χ0) is 13.2. The number of carboxylic acids is 1. The Kier molecular flexibility index (Phi) is 4.89. The van der Waals surface area contributed by atoms with Gasteiger partial charge in [-0.05, 0) is 57.3 Å². The van der Waals surface area contributed by atoms with Crippen molar-refractivity contribution in [3.63, 3.8) is 0 Å². The molecular formula is C9H6F2I2O4. The zero-order valence-electron chi connectivity index (χ0n) is 8.08. The lowest BCUT2D eigenvalue weighted by Crippen LogP contribution is -2.31. The third-order valence-electron chi connectivity index (χ3n) is 1.77. The average Bonchev–Trinajstić information content (AvgIpc) is 2.21. The predicted molar refractivity (Wildman–Crippen MR) is 70.9 cm³/mol. The molecule has 0 spiro atoms. The van der Waals surface area contributed by atoms with E-state index < -0.39 is 18.7 Å². The van der Waals surface area contributed by atoms with Crippen molar-refractivity contribution < 1.29 is 28.5 Å². The highest BCUT2D eigenvalue weighted by atomic mass is 127. The first kappa shape index (κ1) is 14.8. The maximum absolute atomic E-state index is 12.7. The van der Waals surface area contributed by atoms with Gasteiger partial charge in [0, 0.05) is 9.13 Å². The standard InChI is InChI=1S/C9H6F2I2O4/c10-9(11,8(15)16)17-3-4-1-5(12)2-6(13)7(4)14/h1-2,14H,3H2,(H,15,16). The summed E-state index contributed by atoms with van der Waals surface area (Å²) in [6.45, 7) is -0.683. The van der Waals surface area contributed by atoms with Gasteiger partial charge < -0.3 is 14.9 Å². The van der Waals surface area contributed by atoms with E-state index in [1.165, 1.54) is 6.07 Å². The topological polar surface area (TPSA) is 66.8 Å². The molecule has 0 aliphatic rings. The zero-order valence-corrected chi connectivity index (χ0v) is 12.4. The van der Waals surface area contributed by atoms with E-state index in [9.17, 15) is 18.7 Å². The SMILES string of the molecule is O=C(O)C(F)(F)OCc1cc(I)cc(I)c1O. The number of carboxylic acid groups (broad SMARTS) is 1. The van der Waals surface area contributed by atoms with Gasteiger partial charge in [-0.2, -0.15) is 8.78 Å². The first-order valence-electron chi connectivity index (χ1n) is 4.16. The third-order valence-corrected chi connectivity index (χ3v) is 3.21. The highest BCUT2D eigenvalue weighted by Gasteiger charge is 2.40. The molecule has 0 amide bonds. The Balaban J connectivity index is 2.87. The largest absolute Gasteiger partial charge is 0.506 e. The normalized spacial score (nSPS) is 11.5. The van der Waals surface area contributed by atoms with Gasteiger partial charge in [0.2, 0.25) is 0 Å². The Bertz CT molecular complexity index is 451. The summed E-state index contributed by atoms with van der Waals surface area (Å²) in [6.07, 6.45) is -4.26. The van der Waals surface area contributed by atoms with Crippen LogP contribution < -0.4 is 0 Å². The van der Waals surface area contributed by atoms with E-state index in [0.29, 0.717) is 3.57 Å². The fraction of sp³-hybridized carbons (Fsp3) is 0.222. The molecule has 0 unspecified atom stereocenters. The van der Waals surface area contributed by atoms with Gasteiger partial charge >= 0.3 is 12.1 Å². The number of hydrogen-bond acceptors (Lipinski definition) is 3. The van der Waals surface area contributed by atoms with Gasteiger partial charge in [0.25, 0.3) is 0 Å². The Labute approximate surface area is 122 Å². The minimum Gasteiger partial charge on any atom is -0.506 e. The molecule has 0 bridgehead atoms. The van der Waals surface area contributed by atoms with Crippen LogP contribution in [0, 0.1) is 7.14 Å².